The summed E-state index contributed by atoms with van der Waals surface area (Å²) in [5, 5.41) is 1.13. The summed E-state index contributed by atoms with van der Waals surface area (Å²) in [5.74, 6) is 0.170. The van der Waals surface area contributed by atoms with E-state index in [1.165, 1.54) is 4.90 Å². The lowest BCUT2D eigenvalue weighted by Gasteiger charge is -2.03. The van der Waals surface area contributed by atoms with Crippen LogP contribution < -0.4 is 0 Å². The highest BCUT2D eigenvalue weighted by atomic mass is 32.2. The minimum Gasteiger partial charge on any atom is -0.351 e. The molecule has 1 aromatic heterocycles. The van der Waals surface area contributed by atoms with Gasteiger partial charge < -0.3 is 4.98 Å². The second kappa shape index (κ2) is 4.00. The molecule has 0 atom stereocenters. The Morgan fingerprint density at radius 2 is 1.79 bits per heavy atom. The Labute approximate surface area is 114 Å². The molecule has 1 N–H and O–H groups in total. The van der Waals surface area contributed by atoms with Crippen molar-refractivity contribution in [2.75, 3.05) is 0 Å². The van der Waals surface area contributed by atoms with E-state index in [0.717, 1.165) is 27.1 Å². The molecule has 0 aliphatic carbocycles. The summed E-state index contributed by atoms with van der Waals surface area (Å²) in [7, 11) is 0. The fraction of sp³-hybridized carbons (Fsp3) is 0.0625. The number of hydrogen-bond acceptors (Lipinski definition) is 2. The number of aromatic amines is 1. The van der Waals surface area contributed by atoms with Crippen molar-refractivity contribution in [2.24, 2.45) is 0 Å². The molecule has 92 valence electrons. The van der Waals surface area contributed by atoms with E-state index in [1.807, 2.05) is 36.4 Å². The number of rotatable bonds is 0. The quantitative estimate of drug-likeness (QED) is 0.665. The van der Waals surface area contributed by atoms with Crippen LogP contribution in [0.25, 0.3) is 10.9 Å². The molecule has 0 radical (unpaired) electrons. The van der Waals surface area contributed by atoms with Crippen LogP contribution in [0.3, 0.4) is 0 Å². The number of hydrogen-bond donors (Lipinski definition) is 1. The largest absolute Gasteiger partial charge is 0.351 e. The molecule has 0 fully saturated rings. The van der Waals surface area contributed by atoms with Crippen LogP contribution in [-0.2, 0) is 6.42 Å². The van der Waals surface area contributed by atoms with Crippen molar-refractivity contribution < 1.29 is 4.79 Å². The van der Waals surface area contributed by atoms with Crippen molar-refractivity contribution in [2.45, 2.75) is 16.2 Å². The molecule has 4 rings (SSSR count). The number of benzene rings is 2. The molecule has 0 bridgehead atoms. The molecule has 3 aromatic rings. The van der Waals surface area contributed by atoms with Gasteiger partial charge in [0.15, 0.2) is 5.78 Å². The minimum atomic E-state index is 0.170. The van der Waals surface area contributed by atoms with Gasteiger partial charge in [0.05, 0.1) is 5.69 Å². The number of Topliss-reactive ketones (excluding diaryl/α,β-unsaturated/α-hetero) is 1. The Kier molecular flexibility index (Phi) is 2.29. The summed E-state index contributed by atoms with van der Waals surface area (Å²) in [4.78, 5) is 17.9. The van der Waals surface area contributed by atoms with Gasteiger partial charge in [0.25, 0.3) is 0 Å². The molecule has 3 heteroatoms. The van der Waals surface area contributed by atoms with Crippen molar-refractivity contribution in [1.82, 2.24) is 4.98 Å². The second-order valence-corrected chi connectivity index (χ2v) is 5.74. The number of aromatic nitrogens is 1. The van der Waals surface area contributed by atoms with E-state index < -0.39 is 0 Å². The topological polar surface area (TPSA) is 32.9 Å². The van der Waals surface area contributed by atoms with Crippen molar-refractivity contribution in [3.05, 3.63) is 59.8 Å². The molecular weight excluding hydrogens is 254 g/mol. The molecule has 1 aliphatic rings. The van der Waals surface area contributed by atoms with Gasteiger partial charge in [-0.1, -0.05) is 48.2 Å². The summed E-state index contributed by atoms with van der Waals surface area (Å²) in [6.07, 6.45) is 0.475. The number of para-hydroxylation sites is 1. The van der Waals surface area contributed by atoms with Gasteiger partial charge >= 0.3 is 0 Å². The highest BCUT2D eigenvalue weighted by Crippen LogP contribution is 2.41. The third-order valence-electron chi connectivity index (χ3n) is 3.47. The lowest BCUT2D eigenvalue weighted by Crippen LogP contribution is -2.03. The van der Waals surface area contributed by atoms with E-state index in [2.05, 4.69) is 17.1 Å². The van der Waals surface area contributed by atoms with Gasteiger partial charge in [0.2, 0.25) is 0 Å². The first kappa shape index (κ1) is 10.9. The first-order chi connectivity index (χ1) is 9.33. The number of nitrogens with one attached hydrogen (secondary N) is 1. The van der Waals surface area contributed by atoms with Crippen LogP contribution in [0.4, 0.5) is 0 Å². The predicted octanol–water partition coefficient (Wildman–Crippen LogP) is 4.06. The van der Waals surface area contributed by atoms with E-state index in [9.17, 15) is 4.79 Å². The number of ketones is 1. The monoisotopic (exact) mass is 265 g/mol. The van der Waals surface area contributed by atoms with Crippen molar-refractivity contribution in [1.29, 1.82) is 0 Å². The fourth-order valence-electron chi connectivity index (χ4n) is 2.54. The van der Waals surface area contributed by atoms with Crippen LogP contribution in [0.5, 0.6) is 0 Å². The fourth-order valence-corrected chi connectivity index (χ4v) is 3.73. The molecule has 0 saturated carbocycles. The van der Waals surface area contributed by atoms with Crippen LogP contribution in [0.2, 0.25) is 0 Å². The molecule has 2 nitrogen and oxygen atoms in total. The summed E-state index contributed by atoms with van der Waals surface area (Å²) in [6, 6.07) is 16.2. The maximum Gasteiger partial charge on any atom is 0.184 e. The van der Waals surface area contributed by atoms with Crippen LogP contribution >= 0.6 is 11.8 Å². The van der Waals surface area contributed by atoms with E-state index in [1.54, 1.807) is 11.8 Å². The van der Waals surface area contributed by atoms with Crippen LogP contribution in [0.1, 0.15) is 16.1 Å². The third-order valence-corrected chi connectivity index (χ3v) is 4.72. The lowest BCUT2D eigenvalue weighted by atomic mass is 10.1. The first-order valence-corrected chi connectivity index (χ1v) is 7.04. The Morgan fingerprint density at radius 1 is 1.00 bits per heavy atom. The summed E-state index contributed by atoms with van der Waals surface area (Å²) in [5.41, 5.74) is 2.90. The Hall–Kier alpha value is -2.00. The molecule has 2 heterocycles. The Bertz CT molecular complexity index is 803. The lowest BCUT2D eigenvalue weighted by molar-refractivity contribution is 0.0986. The molecule has 1 aliphatic heterocycles. The molecular formula is C16H11NOS. The van der Waals surface area contributed by atoms with Gasteiger partial charge in [-0.15, -0.1) is 0 Å². The van der Waals surface area contributed by atoms with E-state index in [4.69, 9.17) is 0 Å². The maximum absolute atomic E-state index is 12.4. The van der Waals surface area contributed by atoms with Crippen LogP contribution in [-0.4, -0.2) is 10.8 Å². The molecule has 2 aromatic carbocycles. The van der Waals surface area contributed by atoms with Crippen molar-refractivity contribution >= 4 is 28.4 Å². The average molecular weight is 265 g/mol. The van der Waals surface area contributed by atoms with E-state index >= 15 is 0 Å². The van der Waals surface area contributed by atoms with Gasteiger partial charge in [0, 0.05) is 27.1 Å². The second-order valence-electron chi connectivity index (χ2n) is 4.68. The van der Waals surface area contributed by atoms with Crippen molar-refractivity contribution in [3.8, 4) is 0 Å². The molecule has 0 spiro atoms. The first-order valence-electron chi connectivity index (χ1n) is 6.22. The van der Waals surface area contributed by atoms with Crippen LogP contribution in [0.15, 0.2) is 58.3 Å². The smallest absolute Gasteiger partial charge is 0.184 e. The van der Waals surface area contributed by atoms with E-state index in [0.29, 0.717) is 6.42 Å². The maximum atomic E-state index is 12.4. The molecule has 19 heavy (non-hydrogen) atoms. The van der Waals surface area contributed by atoms with E-state index in [-0.39, 0.29) is 5.78 Å². The zero-order valence-corrected chi connectivity index (χ0v) is 11.0. The Morgan fingerprint density at radius 3 is 2.74 bits per heavy atom. The zero-order chi connectivity index (χ0) is 12.8. The van der Waals surface area contributed by atoms with Gasteiger partial charge in [-0.05, 0) is 17.7 Å². The molecule has 0 unspecified atom stereocenters. The highest BCUT2D eigenvalue weighted by molar-refractivity contribution is 7.99. The summed E-state index contributed by atoms with van der Waals surface area (Å²) < 4.78 is 0. The van der Waals surface area contributed by atoms with Crippen molar-refractivity contribution in [3.63, 3.8) is 0 Å². The molecule has 0 amide bonds. The van der Waals surface area contributed by atoms with Crippen LogP contribution in [0, 0.1) is 0 Å². The summed E-state index contributed by atoms with van der Waals surface area (Å²) >= 11 is 1.69. The number of carbonyl (C=O) groups excluding carboxylic acids is 1. The van der Waals surface area contributed by atoms with Gasteiger partial charge in [-0.3, -0.25) is 4.79 Å². The predicted molar refractivity (Wildman–Crippen MR) is 76.9 cm³/mol. The average Bonchev–Trinajstić information content (AvgIpc) is 2.73. The van der Waals surface area contributed by atoms with Gasteiger partial charge in [-0.25, -0.2) is 0 Å². The SMILES string of the molecule is O=C1Cc2ccccc2Sc2c1[nH]c1ccccc21. The standard InChI is InChI=1S/C16H11NOS/c18-13-9-10-5-1-4-8-14(10)19-16-11-6-2-3-7-12(11)17-15(13)16/h1-8,17H,9H2. The molecule has 0 saturated heterocycles. The number of H-pyrrole nitrogens is 1. The Balaban J connectivity index is 2.01. The third kappa shape index (κ3) is 1.62. The van der Waals surface area contributed by atoms with Gasteiger partial charge in [-0.2, -0.15) is 0 Å². The number of carbonyl (C=O) groups is 1. The number of fused-ring (bicyclic) bond motifs is 4. The van der Waals surface area contributed by atoms with Gasteiger partial charge in [0.1, 0.15) is 0 Å². The minimum absolute atomic E-state index is 0.170. The normalized spacial score (nSPS) is 14.0. The highest BCUT2D eigenvalue weighted by Gasteiger charge is 2.23. The summed E-state index contributed by atoms with van der Waals surface area (Å²) in [6.45, 7) is 0. The zero-order valence-electron chi connectivity index (χ0n) is 10.1.